The number of hydrogen-bond donors (Lipinski definition) is 0. The summed E-state index contributed by atoms with van der Waals surface area (Å²) in [7, 11) is 0. The lowest BCUT2D eigenvalue weighted by Gasteiger charge is -1.98. The van der Waals surface area contributed by atoms with Crippen LogP contribution in [0.1, 0.15) is 41.5 Å². The highest BCUT2D eigenvalue weighted by Crippen LogP contribution is 2.36. The third-order valence-electron chi connectivity index (χ3n) is 2.54. The minimum atomic E-state index is 0.164. The maximum atomic E-state index is 11.2. The molecule has 2 aliphatic rings. The van der Waals surface area contributed by atoms with Crippen LogP contribution < -0.4 is 0 Å². The molecule has 1 saturated carbocycles. The zero-order valence-electron chi connectivity index (χ0n) is 6.66. The average molecular weight is 163 g/mol. The minimum Gasteiger partial charge on any atom is -0.292 e. The Hall–Kier alpha value is -1.19. The van der Waals surface area contributed by atoms with E-state index in [0.717, 1.165) is 12.1 Å². The van der Waals surface area contributed by atoms with Gasteiger partial charge in [0.2, 0.25) is 0 Å². The first kappa shape index (κ1) is 6.34. The van der Waals surface area contributed by atoms with Gasteiger partial charge in [-0.15, -0.1) is 5.10 Å². The van der Waals surface area contributed by atoms with E-state index >= 15 is 0 Å². The number of rotatable bonds is 1. The van der Waals surface area contributed by atoms with Gasteiger partial charge in [-0.25, -0.2) is 4.68 Å². The number of carbonyl (C=O) groups is 1. The van der Waals surface area contributed by atoms with Crippen LogP contribution in [0.4, 0.5) is 0 Å². The van der Waals surface area contributed by atoms with Gasteiger partial charge in [0.15, 0.2) is 11.5 Å². The Kier molecular flexibility index (Phi) is 1.03. The summed E-state index contributed by atoms with van der Waals surface area (Å²) >= 11 is 0. The molecule has 0 saturated heterocycles. The highest BCUT2D eigenvalue weighted by atomic mass is 16.1. The van der Waals surface area contributed by atoms with Crippen molar-refractivity contribution in [2.24, 2.45) is 0 Å². The lowest BCUT2D eigenvalue weighted by Crippen LogP contribution is -2.00. The molecule has 1 aromatic heterocycles. The van der Waals surface area contributed by atoms with Gasteiger partial charge in [-0.3, -0.25) is 4.79 Å². The Morgan fingerprint density at radius 3 is 2.92 bits per heavy atom. The van der Waals surface area contributed by atoms with Crippen LogP contribution >= 0.6 is 0 Å². The summed E-state index contributed by atoms with van der Waals surface area (Å²) < 4.78 is 1.94. The van der Waals surface area contributed by atoms with E-state index in [2.05, 4.69) is 10.3 Å². The second kappa shape index (κ2) is 1.94. The van der Waals surface area contributed by atoms with Crippen LogP contribution in [-0.2, 0) is 6.42 Å². The molecular weight excluding hydrogens is 154 g/mol. The quantitative estimate of drug-likeness (QED) is 0.613. The van der Waals surface area contributed by atoms with Gasteiger partial charge in [-0.05, 0) is 19.3 Å². The summed E-state index contributed by atoms with van der Waals surface area (Å²) in [6.07, 6.45) is 3.87. The third kappa shape index (κ3) is 0.695. The van der Waals surface area contributed by atoms with Gasteiger partial charge in [-0.1, -0.05) is 5.21 Å². The number of carbonyl (C=O) groups excluding carboxylic acids is 1. The zero-order chi connectivity index (χ0) is 8.13. The fourth-order valence-corrected chi connectivity index (χ4v) is 1.73. The van der Waals surface area contributed by atoms with Crippen LogP contribution in [-0.4, -0.2) is 20.8 Å². The Morgan fingerprint density at radius 1 is 1.33 bits per heavy atom. The first-order valence-corrected chi connectivity index (χ1v) is 4.33. The Morgan fingerprint density at radius 2 is 2.17 bits per heavy atom. The lowest BCUT2D eigenvalue weighted by atomic mass is 10.3. The molecule has 12 heavy (non-hydrogen) atoms. The summed E-state index contributed by atoms with van der Waals surface area (Å²) in [5.41, 5.74) is 1.70. The number of Topliss-reactive ketones (excluding diaryl/α,β-unsaturated/α-hetero) is 1. The standard InChI is InChI=1S/C8H9N3O/c12-7-4-3-6-8(7)9-10-11(6)5-1-2-5/h5H,1-4H2. The normalized spacial score (nSPS) is 21.5. The highest BCUT2D eigenvalue weighted by molar-refractivity contribution is 5.97. The topological polar surface area (TPSA) is 47.8 Å². The first-order valence-electron chi connectivity index (χ1n) is 4.33. The summed E-state index contributed by atoms with van der Waals surface area (Å²) in [5.74, 6) is 0.164. The molecule has 0 aliphatic heterocycles. The zero-order valence-corrected chi connectivity index (χ0v) is 6.66. The molecule has 1 aromatic rings. The number of ketones is 1. The predicted molar refractivity (Wildman–Crippen MR) is 40.9 cm³/mol. The third-order valence-corrected chi connectivity index (χ3v) is 2.54. The number of aromatic nitrogens is 3. The molecule has 0 unspecified atom stereocenters. The molecule has 0 atom stereocenters. The second-order valence-corrected chi connectivity index (χ2v) is 3.48. The van der Waals surface area contributed by atoms with Crippen LogP contribution in [0.3, 0.4) is 0 Å². The lowest BCUT2D eigenvalue weighted by molar-refractivity contribution is 0.0989. The molecule has 0 amide bonds. The fraction of sp³-hybridized carbons (Fsp3) is 0.625. The van der Waals surface area contributed by atoms with E-state index in [0.29, 0.717) is 18.2 Å². The van der Waals surface area contributed by atoms with Crippen LogP contribution in [0.5, 0.6) is 0 Å². The molecule has 4 nitrogen and oxygen atoms in total. The van der Waals surface area contributed by atoms with Crippen molar-refractivity contribution in [1.82, 2.24) is 15.0 Å². The van der Waals surface area contributed by atoms with Crippen LogP contribution in [0.25, 0.3) is 0 Å². The van der Waals surface area contributed by atoms with E-state index < -0.39 is 0 Å². The Labute approximate surface area is 69.6 Å². The van der Waals surface area contributed by atoms with Crippen molar-refractivity contribution >= 4 is 5.78 Å². The van der Waals surface area contributed by atoms with E-state index in [1.807, 2.05) is 4.68 Å². The Bertz CT molecular complexity index is 351. The molecule has 62 valence electrons. The van der Waals surface area contributed by atoms with Crippen molar-refractivity contribution in [2.45, 2.75) is 31.7 Å². The molecule has 0 aromatic carbocycles. The molecule has 1 fully saturated rings. The molecule has 0 radical (unpaired) electrons. The van der Waals surface area contributed by atoms with Gasteiger partial charge in [0.1, 0.15) is 0 Å². The SMILES string of the molecule is O=C1CCc2c1nnn2C1CC1. The summed E-state index contributed by atoms with van der Waals surface area (Å²) in [6, 6.07) is 0.548. The molecule has 3 rings (SSSR count). The molecule has 1 heterocycles. The monoisotopic (exact) mass is 163 g/mol. The van der Waals surface area contributed by atoms with E-state index in [1.165, 1.54) is 12.8 Å². The van der Waals surface area contributed by atoms with Gasteiger partial charge in [0.25, 0.3) is 0 Å². The van der Waals surface area contributed by atoms with Gasteiger partial charge in [-0.2, -0.15) is 0 Å². The van der Waals surface area contributed by atoms with Crippen LogP contribution in [0, 0.1) is 0 Å². The van der Waals surface area contributed by atoms with Gasteiger partial charge in [0, 0.05) is 6.42 Å². The average Bonchev–Trinajstić information content (AvgIpc) is 2.71. The van der Waals surface area contributed by atoms with E-state index in [1.54, 1.807) is 0 Å². The maximum absolute atomic E-state index is 11.2. The van der Waals surface area contributed by atoms with Gasteiger partial charge >= 0.3 is 0 Å². The largest absolute Gasteiger partial charge is 0.292 e. The second-order valence-electron chi connectivity index (χ2n) is 3.48. The van der Waals surface area contributed by atoms with Crippen molar-refractivity contribution in [2.75, 3.05) is 0 Å². The molecule has 0 spiro atoms. The molecule has 2 aliphatic carbocycles. The van der Waals surface area contributed by atoms with Crippen molar-refractivity contribution in [3.05, 3.63) is 11.4 Å². The molecular formula is C8H9N3O. The fourth-order valence-electron chi connectivity index (χ4n) is 1.73. The summed E-state index contributed by atoms with van der Waals surface area (Å²) in [4.78, 5) is 11.2. The predicted octanol–water partition coefficient (Wildman–Crippen LogP) is 0.742. The van der Waals surface area contributed by atoms with E-state index in [4.69, 9.17) is 0 Å². The van der Waals surface area contributed by atoms with Crippen molar-refractivity contribution in [1.29, 1.82) is 0 Å². The number of fused-ring (bicyclic) bond motifs is 1. The van der Waals surface area contributed by atoms with Crippen molar-refractivity contribution in [3.8, 4) is 0 Å². The molecule has 4 heteroatoms. The Balaban J connectivity index is 2.12. The molecule has 0 bridgehead atoms. The minimum absolute atomic E-state index is 0.164. The van der Waals surface area contributed by atoms with Crippen molar-refractivity contribution < 1.29 is 4.79 Å². The van der Waals surface area contributed by atoms with Gasteiger partial charge in [0.05, 0.1) is 11.7 Å². The summed E-state index contributed by atoms with van der Waals surface area (Å²) in [6.45, 7) is 0. The summed E-state index contributed by atoms with van der Waals surface area (Å²) in [5, 5.41) is 7.90. The first-order chi connectivity index (χ1) is 5.86. The van der Waals surface area contributed by atoms with E-state index in [-0.39, 0.29) is 5.78 Å². The van der Waals surface area contributed by atoms with Crippen LogP contribution in [0.2, 0.25) is 0 Å². The van der Waals surface area contributed by atoms with E-state index in [9.17, 15) is 4.79 Å². The van der Waals surface area contributed by atoms with Gasteiger partial charge < -0.3 is 0 Å². The highest BCUT2D eigenvalue weighted by Gasteiger charge is 2.33. The smallest absolute Gasteiger partial charge is 0.185 e. The molecule has 0 N–H and O–H groups in total. The van der Waals surface area contributed by atoms with Crippen molar-refractivity contribution in [3.63, 3.8) is 0 Å². The number of hydrogen-bond acceptors (Lipinski definition) is 3. The maximum Gasteiger partial charge on any atom is 0.185 e. The van der Waals surface area contributed by atoms with Crippen LogP contribution in [0.15, 0.2) is 0 Å². The number of nitrogens with zero attached hydrogens (tertiary/aromatic N) is 3.